The van der Waals surface area contributed by atoms with Crippen LogP contribution in [0.1, 0.15) is 26.0 Å². The maximum atomic E-state index is 8.74. The Morgan fingerprint density at radius 3 is 3.07 bits per heavy atom. The minimum Gasteiger partial charge on any atom is -0.396 e. The van der Waals surface area contributed by atoms with Crippen LogP contribution in [0, 0.1) is 0 Å². The molecule has 1 aromatic rings. The van der Waals surface area contributed by atoms with Crippen LogP contribution >= 0.6 is 0 Å². The molecule has 0 amide bonds. The molecule has 0 spiro atoms. The highest BCUT2D eigenvalue weighted by molar-refractivity contribution is 5.00. The molecule has 0 aliphatic rings. The van der Waals surface area contributed by atoms with Gasteiger partial charge >= 0.3 is 0 Å². The number of hydrogen-bond donors (Lipinski definition) is 2. The first-order valence-corrected chi connectivity index (χ1v) is 5.12. The van der Waals surface area contributed by atoms with Gasteiger partial charge in [0.2, 0.25) is 0 Å². The zero-order valence-corrected chi connectivity index (χ0v) is 8.90. The summed E-state index contributed by atoms with van der Waals surface area (Å²) in [5.41, 5.74) is 1.19. The number of aliphatic hydroxyl groups excluding tert-OH is 1. The summed E-state index contributed by atoms with van der Waals surface area (Å²) < 4.78 is 1.97. The fraction of sp³-hybridized carbons (Fsp3) is 0.700. The molecule has 0 saturated carbocycles. The van der Waals surface area contributed by atoms with Crippen LogP contribution in [0.5, 0.6) is 0 Å². The van der Waals surface area contributed by atoms with Crippen molar-refractivity contribution in [1.29, 1.82) is 0 Å². The summed E-state index contributed by atoms with van der Waals surface area (Å²) in [6, 6.07) is 2.36. The summed E-state index contributed by atoms with van der Waals surface area (Å²) >= 11 is 0. The Balaban J connectivity index is 2.37. The lowest BCUT2D eigenvalue weighted by atomic mass is 10.2. The molecule has 1 heterocycles. The monoisotopic (exact) mass is 197 g/mol. The molecular formula is C10H19N3O. The van der Waals surface area contributed by atoms with Crippen molar-refractivity contribution in [2.24, 2.45) is 0 Å². The van der Waals surface area contributed by atoms with Crippen LogP contribution in [0.15, 0.2) is 12.3 Å². The van der Waals surface area contributed by atoms with Crippen LogP contribution in [-0.4, -0.2) is 27.5 Å². The van der Waals surface area contributed by atoms with E-state index in [0.717, 1.165) is 19.5 Å². The molecule has 1 atom stereocenters. The SMILES string of the molecule is CCn1nccc1CNC(C)CCO. The van der Waals surface area contributed by atoms with Crippen LogP contribution in [0.25, 0.3) is 0 Å². The highest BCUT2D eigenvalue weighted by atomic mass is 16.3. The predicted octanol–water partition coefficient (Wildman–Crippen LogP) is 0.763. The van der Waals surface area contributed by atoms with E-state index in [1.165, 1.54) is 5.69 Å². The van der Waals surface area contributed by atoms with E-state index in [2.05, 4.69) is 24.3 Å². The summed E-state index contributed by atoms with van der Waals surface area (Å²) in [5, 5.41) is 16.3. The second-order valence-corrected chi connectivity index (χ2v) is 3.43. The van der Waals surface area contributed by atoms with Gasteiger partial charge in [-0.3, -0.25) is 4.68 Å². The minimum absolute atomic E-state index is 0.237. The Kier molecular flexibility index (Phi) is 4.62. The fourth-order valence-corrected chi connectivity index (χ4v) is 1.37. The van der Waals surface area contributed by atoms with Gasteiger partial charge in [0.25, 0.3) is 0 Å². The number of hydrogen-bond acceptors (Lipinski definition) is 3. The fourth-order valence-electron chi connectivity index (χ4n) is 1.37. The molecule has 0 bridgehead atoms. The lowest BCUT2D eigenvalue weighted by molar-refractivity contribution is 0.268. The molecule has 80 valence electrons. The van der Waals surface area contributed by atoms with E-state index in [1.54, 1.807) is 0 Å². The summed E-state index contributed by atoms with van der Waals surface area (Å²) in [5.74, 6) is 0. The van der Waals surface area contributed by atoms with E-state index >= 15 is 0 Å². The number of aliphatic hydroxyl groups is 1. The van der Waals surface area contributed by atoms with Crippen LogP contribution in [-0.2, 0) is 13.1 Å². The van der Waals surface area contributed by atoms with Crippen molar-refractivity contribution >= 4 is 0 Å². The van der Waals surface area contributed by atoms with Crippen LogP contribution in [0.2, 0.25) is 0 Å². The highest BCUT2D eigenvalue weighted by Gasteiger charge is 2.03. The van der Waals surface area contributed by atoms with Gasteiger partial charge in [-0.05, 0) is 26.3 Å². The van der Waals surface area contributed by atoms with E-state index < -0.39 is 0 Å². The number of aromatic nitrogens is 2. The van der Waals surface area contributed by atoms with E-state index in [-0.39, 0.29) is 6.61 Å². The Labute approximate surface area is 84.9 Å². The average Bonchev–Trinajstić information content (AvgIpc) is 2.62. The standard InChI is InChI=1S/C10H19N3O/c1-3-13-10(4-6-12-13)8-11-9(2)5-7-14/h4,6,9,11,14H,3,5,7-8H2,1-2H3. The first-order valence-electron chi connectivity index (χ1n) is 5.12. The molecule has 0 aliphatic heterocycles. The Hall–Kier alpha value is -0.870. The zero-order chi connectivity index (χ0) is 10.4. The van der Waals surface area contributed by atoms with Crippen molar-refractivity contribution in [1.82, 2.24) is 15.1 Å². The van der Waals surface area contributed by atoms with Crippen molar-refractivity contribution in [3.05, 3.63) is 18.0 Å². The van der Waals surface area contributed by atoms with Gasteiger partial charge in [0, 0.05) is 31.9 Å². The van der Waals surface area contributed by atoms with Crippen LogP contribution in [0.4, 0.5) is 0 Å². The van der Waals surface area contributed by atoms with Crippen molar-refractivity contribution < 1.29 is 5.11 Å². The third-order valence-electron chi connectivity index (χ3n) is 2.30. The van der Waals surface area contributed by atoms with Crippen molar-refractivity contribution in [2.45, 2.75) is 39.4 Å². The Bertz CT molecular complexity index is 260. The number of rotatable bonds is 6. The largest absolute Gasteiger partial charge is 0.396 e. The smallest absolute Gasteiger partial charge is 0.0522 e. The first-order chi connectivity index (χ1) is 6.77. The third-order valence-corrected chi connectivity index (χ3v) is 2.30. The number of nitrogens with one attached hydrogen (secondary N) is 1. The van der Waals surface area contributed by atoms with Gasteiger partial charge in [-0.25, -0.2) is 0 Å². The van der Waals surface area contributed by atoms with Gasteiger partial charge in [0.15, 0.2) is 0 Å². The van der Waals surface area contributed by atoms with E-state index in [0.29, 0.717) is 6.04 Å². The maximum Gasteiger partial charge on any atom is 0.0522 e. The molecule has 1 rings (SSSR count). The van der Waals surface area contributed by atoms with E-state index in [9.17, 15) is 0 Å². The molecule has 0 aliphatic carbocycles. The third kappa shape index (κ3) is 3.12. The van der Waals surface area contributed by atoms with E-state index in [4.69, 9.17) is 5.11 Å². The maximum absolute atomic E-state index is 8.74. The molecule has 1 unspecified atom stereocenters. The van der Waals surface area contributed by atoms with Gasteiger partial charge in [0.05, 0.1) is 5.69 Å². The van der Waals surface area contributed by atoms with Gasteiger partial charge < -0.3 is 10.4 Å². The van der Waals surface area contributed by atoms with Crippen LogP contribution in [0.3, 0.4) is 0 Å². The molecular weight excluding hydrogens is 178 g/mol. The van der Waals surface area contributed by atoms with E-state index in [1.807, 2.05) is 16.9 Å². The molecule has 1 aromatic heterocycles. The summed E-state index contributed by atoms with van der Waals surface area (Å²) in [7, 11) is 0. The average molecular weight is 197 g/mol. The lowest BCUT2D eigenvalue weighted by Crippen LogP contribution is -2.27. The van der Waals surface area contributed by atoms with Crippen molar-refractivity contribution in [3.8, 4) is 0 Å². The second kappa shape index (κ2) is 5.78. The number of aryl methyl sites for hydroxylation is 1. The molecule has 14 heavy (non-hydrogen) atoms. The molecule has 0 radical (unpaired) electrons. The second-order valence-electron chi connectivity index (χ2n) is 3.43. The predicted molar refractivity (Wildman–Crippen MR) is 55.9 cm³/mol. The normalized spacial score (nSPS) is 13.1. The molecule has 4 heteroatoms. The molecule has 0 fully saturated rings. The van der Waals surface area contributed by atoms with Gasteiger partial charge in [-0.2, -0.15) is 5.10 Å². The zero-order valence-electron chi connectivity index (χ0n) is 8.90. The highest BCUT2D eigenvalue weighted by Crippen LogP contribution is 1.99. The topological polar surface area (TPSA) is 50.1 Å². The quantitative estimate of drug-likeness (QED) is 0.708. The number of nitrogens with zero attached hydrogens (tertiary/aromatic N) is 2. The molecule has 0 aromatic carbocycles. The molecule has 4 nitrogen and oxygen atoms in total. The van der Waals surface area contributed by atoms with Gasteiger partial charge in [-0.15, -0.1) is 0 Å². The summed E-state index contributed by atoms with van der Waals surface area (Å²) in [4.78, 5) is 0. The minimum atomic E-state index is 0.237. The summed E-state index contributed by atoms with van der Waals surface area (Å²) in [6.45, 7) is 6.10. The Morgan fingerprint density at radius 2 is 2.43 bits per heavy atom. The van der Waals surface area contributed by atoms with Gasteiger partial charge in [-0.1, -0.05) is 0 Å². The molecule has 0 saturated heterocycles. The summed E-state index contributed by atoms with van der Waals surface area (Å²) in [6.07, 6.45) is 2.61. The van der Waals surface area contributed by atoms with Crippen molar-refractivity contribution in [2.75, 3.05) is 6.61 Å². The van der Waals surface area contributed by atoms with Crippen LogP contribution < -0.4 is 5.32 Å². The lowest BCUT2D eigenvalue weighted by Gasteiger charge is -2.12. The van der Waals surface area contributed by atoms with Gasteiger partial charge in [0.1, 0.15) is 0 Å². The Morgan fingerprint density at radius 1 is 1.64 bits per heavy atom. The first kappa shape index (κ1) is 11.2. The molecule has 2 N–H and O–H groups in total. The van der Waals surface area contributed by atoms with Crippen molar-refractivity contribution in [3.63, 3.8) is 0 Å².